The number of benzene rings is 1. The Bertz CT molecular complexity index is 309. The molecule has 0 radical (unpaired) electrons. The maximum absolute atomic E-state index is 9.21. The Balaban J connectivity index is 2.31. The van der Waals surface area contributed by atoms with E-state index in [1.807, 2.05) is 6.07 Å². The van der Waals surface area contributed by atoms with Crippen molar-refractivity contribution in [2.24, 2.45) is 0 Å². The molecular weight excluding hydrogens is 168 g/mol. The molecule has 13 heavy (non-hydrogen) atoms. The Kier molecular flexibility index (Phi) is 2.20. The average Bonchev–Trinajstić information content (AvgIpc) is 2.17. The number of aliphatic hydroxyl groups excluding tert-OH is 2. The fourth-order valence-electron chi connectivity index (χ4n) is 1.53. The molecule has 1 aromatic carbocycles. The number of hydrogen-bond donors (Lipinski definition) is 2. The minimum absolute atomic E-state index is 0.0514. The average molecular weight is 180 g/mol. The third kappa shape index (κ3) is 1.66. The molecule has 0 bridgehead atoms. The summed E-state index contributed by atoms with van der Waals surface area (Å²) in [6, 6.07) is 5.52. The molecule has 2 rings (SSSR count). The molecule has 0 fully saturated rings. The summed E-state index contributed by atoms with van der Waals surface area (Å²) < 4.78 is 5.21. The first-order valence-electron chi connectivity index (χ1n) is 4.37. The molecule has 0 saturated carbocycles. The highest BCUT2D eigenvalue weighted by Gasteiger charge is 2.16. The standard InChI is InChI=1S/C10H12O3/c11-6-7-1-3-9-8(5-7)2-4-10(12)13-9/h1,3,5,10-12H,2,4,6H2. The fraction of sp³-hybridized carbons (Fsp3) is 0.400. The number of ether oxygens (including phenoxy) is 1. The lowest BCUT2D eigenvalue weighted by atomic mass is 10.0. The Morgan fingerprint density at radius 1 is 1.46 bits per heavy atom. The Labute approximate surface area is 76.6 Å². The highest BCUT2D eigenvalue weighted by Crippen LogP contribution is 2.27. The van der Waals surface area contributed by atoms with Crippen LogP contribution in [0.3, 0.4) is 0 Å². The molecule has 1 unspecified atom stereocenters. The highest BCUT2D eigenvalue weighted by molar-refractivity contribution is 5.38. The van der Waals surface area contributed by atoms with Crippen molar-refractivity contribution in [3.05, 3.63) is 29.3 Å². The number of aryl methyl sites for hydroxylation is 1. The zero-order valence-electron chi connectivity index (χ0n) is 7.23. The lowest BCUT2D eigenvalue weighted by Crippen LogP contribution is -2.21. The van der Waals surface area contributed by atoms with Crippen LogP contribution < -0.4 is 4.74 Å². The topological polar surface area (TPSA) is 49.7 Å². The summed E-state index contributed by atoms with van der Waals surface area (Å²) in [5, 5.41) is 18.1. The van der Waals surface area contributed by atoms with Crippen LogP contribution in [0.1, 0.15) is 17.5 Å². The summed E-state index contributed by atoms with van der Waals surface area (Å²) in [7, 11) is 0. The highest BCUT2D eigenvalue weighted by atomic mass is 16.6. The molecule has 0 aromatic heterocycles. The van der Waals surface area contributed by atoms with E-state index >= 15 is 0 Å². The number of fused-ring (bicyclic) bond motifs is 1. The van der Waals surface area contributed by atoms with Gasteiger partial charge in [0.15, 0.2) is 6.29 Å². The van der Waals surface area contributed by atoms with Gasteiger partial charge in [0.2, 0.25) is 0 Å². The van der Waals surface area contributed by atoms with Crippen molar-refractivity contribution in [3.8, 4) is 5.75 Å². The largest absolute Gasteiger partial charge is 0.465 e. The van der Waals surface area contributed by atoms with E-state index in [0.29, 0.717) is 6.42 Å². The van der Waals surface area contributed by atoms with Gasteiger partial charge in [0.1, 0.15) is 5.75 Å². The van der Waals surface area contributed by atoms with Gasteiger partial charge in [0, 0.05) is 6.42 Å². The molecule has 3 nitrogen and oxygen atoms in total. The zero-order valence-corrected chi connectivity index (χ0v) is 7.23. The van der Waals surface area contributed by atoms with Gasteiger partial charge in [-0.3, -0.25) is 0 Å². The van der Waals surface area contributed by atoms with E-state index in [-0.39, 0.29) is 6.61 Å². The number of aliphatic hydroxyl groups is 2. The lowest BCUT2D eigenvalue weighted by molar-refractivity contribution is -0.0316. The van der Waals surface area contributed by atoms with Crippen molar-refractivity contribution in [1.29, 1.82) is 0 Å². The first-order chi connectivity index (χ1) is 6.29. The van der Waals surface area contributed by atoms with Crippen LogP contribution in [0.2, 0.25) is 0 Å². The normalized spacial score (nSPS) is 20.6. The predicted octanol–water partition coefficient (Wildman–Crippen LogP) is 0.822. The maximum Gasteiger partial charge on any atom is 0.197 e. The molecule has 1 aromatic rings. The van der Waals surface area contributed by atoms with E-state index in [9.17, 15) is 5.11 Å². The molecule has 0 saturated heterocycles. The molecule has 1 atom stereocenters. The summed E-state index contributed by atoms with van der Waals surface area (Å²) in [6.45, 7) is 0.0514. The van der Waals surface area contributed by atoms with Gasteiger partial charge in [-0.15, -0.1) is 0 Å². The zero-order chi connectivity index (χ0) is 9.26. The van der Waals surface area contributed by atoms with Crippen molar-refractivity contribution in [2.45, 2.75) is 25.7 Å². The van der Waals surface area contributed by atoms with Crippen molar-refractivity contribution < 1.29 is 14.9 Å². The Hall–Kier alpha value is -1.06. The van der Waals surface area contributed by atoms with Gasteiger partial charge in [-0.25, -0.2) is 0 Å². The molecule has 3 heteroatoms. The Morgan fingerprint density at radius 2 is 2.31 bits per heavy atom. The van der Waals surface area contributed by atoms with Crippen molar-refractivity contribution in [1.82, 2.24) is 0 Å². The molecule has 1 heterocycles. The minimum Gasteiger partial charge on any atom is -0.465 e. The van der Waals surface area contributed by atoms with Crippen LogP contribution in [0.25, 0.3) is 0 Å². The molecule has 1 aliphatic heterocycles. The molecule has 2 N–H and O–H groups in total. The van der Waals surface area contributed by atoms with Crippen molar-refractivity contribution >= 4 is 0 Å². The Morgan fingerprint density at radius 3 is 3.08 bits per heavy atom. The summed E-state index contributed by atoms with van der Waals surface area (Å²) in [5.74, 6) is 0.732. The molecule has 70 valence electrons. The quantitative estimate of drug-likeness (QED) is 0.672. The smallest absolute Gasteiger partial charge is 0.197 e. The second-order valence-corrected chi connectivity index (χ2v) is 3.21. The van der Waals surface area contributed by atoms with Crippen LogP contribution in [0.15, 0.2) is 18.2 Å². The van der Waals surface area contributed by atoms with Gasteiger partial charge in [0.25, 0.3) is 0 Å². The molecular formula is C10H12O3. The van der Waals surface area contributed by atoms with Gasteiger partial charge in [-0.1, -0.05) is 6.07 Å². The number of rotatable bonds is 1. The van der Waals surface area contributed by atoms with E-state index in [1.54, 1.807) is 12.1 Å². The van der Waals surface area contributed by atoms with Gasteiger partial charge >= 0.3 is 0 Å². The predicted molar refractivity (Wildman–Crippen MR) is 47.3 cm³/mol. The SMILES string of the molecule is OCc1ccc2c(c1)CCC(O)O2. The van der Waals surface area contributed by atoms with Crippen LogP contribution in [-0.2, 0) is 13.0 Å². The summed E-state index contributed by atoms with van der Waals surface area (Å²) in [6.07, 6.45) is 0.763. The van der Waals surface area contributed by atoms with E-state index in [4.69, 9.17) is 9.84 Å². The summed E-state index contributed by atoms with van der Waals surface area (Å²) in [4.78, 5) is 0. The van der Waals surface area contributed by atoms with Gasteiger partial charge in [-0.2, -0.15) is 0 Å². The third-order valence-electron chi connectivity index (χ3n) is 2.23. The first kappa shape index (κ1) is 8.53. The maximum atomic E-state index is 9.21. The first-order valence-corrected chi connectivity index (χ1v) is 4.37. The molecule has 0 amide bonds. The summed E-state index contributed by atoms with van der Waals surface area (Å²) >= 11 is 0. The fourth-order valence-corrected chi connectivity index (χ4v) is 1.53. The summed E-state index contributed by atoms with van der Waals surface area (Å²) in [5.41, 5.74) is 1.95. The second-order valence-electron chi connectivity index (χ2n) is 3.21. The van der Waals surface area contributed by atoms with E-state index in [2.05, 4.69) is 0 Å². The monoisotopic (exact) mass is 180 g/mol. The van der Waals surface area contributed by atoms with Crippen LogP contribution >= 0.6 is 0 Å². The number of hydrogen-bond acceptors (Lipinski definition) is 3. The third-order valence-corrected chi connectivity index (χ3v) is 2.23. The molecule has 0 aliphatic carbocycles. The van der Waals surface area contributed by atoms with Crippen LogP contribution in [0.4, 0.5) is 0 Å². The van der Waals surface area contributed by atoms with Gasteiger partial charge in [-0.05, 0) is 29.7 Å². The minimum atomic E-state index is -0.674. The van der Waals surface area contributed by atoms with E-state index in [1.165, 1.54) is 0 Å². The van der Waals surface area contributed by atoms with E-state index in [0.717, 1.165) is 23.3 Å². The van der Waals surface area contributed by atoms with Crippen LogP contribution in [-0.4, -0.2) is 16.5 Å². The van der Waals surface area contributed by atoms with Crippen LogP contribution in [0, 0.1) is 0 Å². The lowest BCUT2D eigenvalue weighted by Gasteiger charge is -2.22. The molecule has 0 spiro atoms. The van der Waals surface area contributed by atoms with Gasteiger partial charge < -0.3 is 14.9 Å². The second kappa shape index (κ2) is 3.36. The van der Waals surface area contributed by atoms with Crippen molar-refractivity contribution in [2.75, 3.05) is 0 Å². The van der Waals surface area contributed by atoms with E-state index < -0.39 is 6.29 Å². The molecule has 1 aliphatic rings. The van der Waals surface area contributed by atoms with Crippen LogP contribution in [0.5, 0.6) is 5.75 Å². The van der Waals surface area contributed by atoms with Gasteiger partial charge in [0.05, 0.1) is 6.61 Å². The van der Waals surface area contributed by atoms with Crippen molar-refractivity contribution in [3.63, 3.8) is 0 Å².